The Morgan fingerprint density at radius 2 is 1.88 bits per heavy atom. The molecule has 2 unspecified atom stereocenters. The molecule has 0 saturated carbocycles. The lowest BCUT2D eigenvalue weighted by molar-refractivity contribution is -0.184. The van der Waals surface area contributed by atoms with Gasteiger partial charge in [0.25, 0.3) is 0 Å². The summed E-state index contributed by atoms with van der Waals surface area (Å²) in [5.41, 5.74) is 4.14. The predicted octanol–water partition coefficient (Wildman–Crippen LogP) is 4.94. The van der Waals surface area contributed by atoms with Crippen molar-refractivity contribution in [3.8, 4) is 5.75 Å². The van der Waals surface area contributed by atoms with Gasteiger partial charge in [-0.05, 0) is 66.0 Å². The van der Waals surface area contributed by atoms with Gasteiger partial charge in [-0.3, -0.25) is 0 Å². The van der Waals surface area contributed by atoms with E-state index in [-0.39, 0.29) is 0 Å². The molecule has 0 aromatic heterocycles. The number of hydrogen-bond acceptors (Lipinski definition) is 5. The largest absolute Gasteiger partial charge is 0.493 e. The molecule has 0 bridgehead atoms. The Balaban J connectivity index is 0.000000172. The van der Waals surface area contributed by atoms with Crippen molar-refractivity contribution in [3.63, 3.8) is 0 Å². The SMILES string of the molecule is C=Cc1ccc(C2(O)COC2)cc1.CSCCOc1ccc(C2=CC3CN(C)CC3C2)cc1. The van der Waals surface area contributed by atoms with Crippen LogP contribution in [0.4, 0.5) is 0 Å². The summed E-state index contributed by atoms with van der Waals surface area (Å²) in [6.07, 6.45) is 7.62. The predicted molar refractivity (Wildman–Crippen MR) is 139 cm³/mol. The van der Waals surface area contributed by atoms with E-state index in [0.717, 1.165) is 41.1 Å². The van der Waals surface area contributed by atoms with Crippen molar-refractivity contribution in [2.24, 2.45) is 11.8 Å². The number of allylic oxidation sites excluding steroid dienone is 1. The van der Waals surface area contributed by atoms with Crippen molar-refractivity contribution in [2.75, 3.05) is 52.0 Å². The number of aliphatic hydroxyl groups is 1. The van der Waals surface area contributed by atoms with Gasteiger partial charge in [0.2, 0.25) is 0 Å². The van der Waals surface area contributed by atoms with Gasteiger partial charge >= 0.3 is 0 Å². The summed E-state index contributed by atoms with van der Waals surface area (Å²) in [6, 6.07) is 16.4. The summed E-state index contributed by atoms with van der Waals surface area (Å²) in [5, 5.41) is 9.89. The van der Waals surface area contributed by atoms with Gasteiger partial charge in [-0.2, -0.15) is 11.8 Å². The Kier molecular flexibility index (Phi) is 7.97. The lowest BCUT2D eigenvalue weighted by atomic mass is 9.91. The summed E-state index contributed by atoms with van der Waals surface area (Å²) in [6.45, 7) is 7.74. The molecule has 176 valence electrons. The monoisotopic (exact) mass is 465 g/mol. The number of likely N-dealkylation sites (tertiary alicyclic amines) is 1. The van der Waals surface area contributed by atoms with Crippen LogP contribution in [0.5, 0.6) is 5.75 Å². The second kappa shape index (κ2) is 10.9. The molecule has 3 aliphatic rings. The number of ether oxygens (including phenoxy) is 2. The molecule has 2 aliphatic heterocycles. The summed E-state index contributed by atoms with van der Waals surface area (Å²) in [5.74, 6) is 3.64. The molecule has 33 heavy (non-hydrogen) atoms. The molecule has 0 amide bonds. The van der Waals surface area contributed by atoms with Gasteiger partial charge in [0, 0.05) is 18.8 Å². The van der Waals surface area contributed by atoms with E-state index in [1.165, 1.54) is 30.6 Å². The molecule has 5 heteroatoms. The summed E-state index contributed by atoms with van der Waals surface area (Å²) in [4.78, 5) is 2.45. The first-order chi connectivity index (χ1) is 16.0. The van der Waals surface area contributed by atoms with E-state index in [2.05, 4.69) is 55.1 Å². The van der Waals surface area contributed by atoms with Crippen molar-refractivity contribution >= 4 is 23.4 Å². The number of hydrogen-bond donors (Lipinski definition) is 1. The lowest BCUT2D eigenvalue weighted by Gasteiger charge is -2.36. The number of fused-ring (bicyclic) bond motifs is 1. The summed E-state index contributed by atoms with van der Waals surface area (Å²) < 4.78 is 10.7. The molecule has 0 radical (unpaired) electrons. The lowest BCUT2D eigenvalue weighted by Crippen LogP contribution is -2.46. The Labute approximate surface area is 202 Å². The maximum Gasteiger partial charge on any atom is 0.136 e. The second-order valence-corrected chi connectivity index (χ2v) is 10.2. The highest BCUT2D eigenvalue weighted by Gasteiger charge is 2.37. The highest BCUT2D eigenvalue weighted by Crippen LogP contribution is 2.40. The van der Waals surface area contributed by atoms with Gasteiger partial charge in [-0.25, -0.2) is 0 Å². The average molecular weight is 466 g/mol. The molecule has 2 aromatic rings. The second-order valence-electron chi connectivity index (χ2n) is 9.26. The molecule has 4 nitrogen and oxygen atoms in total. The van der Waals surface area contributed by atoms with E-state index in [4.69, 9.17) is 9.47 Å². The standard InChI is InChI=1S/C17H23NOS.C11H12O2/c1-18-11-15-9-14(10-16(15)12-18)13-3-5-17(6-4-13)19-7-8-20-2;1-2-9-3-5-10(6-4-9)11(12)7-13-8-11/h3-6,9,15-16H,7-8,10-12H2,1-2H3;2-6,12H,1,7-8H2. The van der Waals surface area contributed by atoms with Crippen molar-refractivity contribution in [2.45, 2.75) is 12.0 Å². The molecule has 2 aromatic carbocycles. The van der Waals surface area contributed by atoms with Crippen molar-refractivity contribution in [3.05, 3.63) is 77.9 Å². The highest BCUT2D eigenvalue weighted by molar-refractivity contribution is 7.98. The third kappa shape index (κ3) is 5.90. The molecular formula is C28H35NO3S. The van der Waals surface area contributed by atoms with Crippen LogP contribution in [0, 0.1) is 11.8 Å². The fourth-order valence-corrected chi connectivity index (χ4v) is 5.00. The zero-order valence-corrected chi connectivity index (χ0v) is 20.5. The zero-order valence-electron chi connectivity index (χ0n) is 19.7. The molecule has 5 rings (SSSR count). The van der Waals surface area contributed by atoms with Crippen molar-refractivity contribution in [1.82, 2.24) is 4.90 Å². The maximum atomic E-state index is 9.89. The Hall–Kier alpha value is -2.05. The average Bonchev–Trinajstić information content (AvgIpc) is 3.36. The van der Waals surface area contributed by atoms with Gasteiger partial charge in [-0.1, -0.05) is 55.1 Å². The van der Waals surface area contributed by atoms with Crippen LogP contribution in [0.3, 0.4) is 0 Å². The molecule has 2 heterocycles. The fraction of sp³-hybridized carbons (Fsp3) is 0.429. The van der Waals surface area contributed by atoms with E-state index in [1.54, 1.807) is 6.08 Å². The highest BCUT2D eigenvalue weighted by atomic mass is 32.2. The molecule has 0 spiro atoms. The molecule has 1 aliphatic carbocycles. The molecule has 2 atom stereocenters. The first kappa shape index (κ1) is 24.1. The minimum absolute atomic E-state index is 0.403. The number of rotatable bonds is 7. The first-order valence-electron chi connectivity index (χ1n) is 11.7. The van der Waals surface area contributed by atoms with Gasteiger partial charge in [0.05, 0.1) is 19.8 Å². The van der Waals surface area contributed by atoms with Crippen LogP contribution in [0.15, 0.2) is 61.2 Å². The smallest absolute Gasteiger partial charge is 0.136 e. The van der Waals surface area contributed by atoms with E-state index >= 15 is 0 Å². The van der Waals surface area contributed by atoms with Crippen molar-refractivity contribution in [1.29, 1.82) is 0 Å². The Morgan fingerprint density at radius 1 is 1.15 bits per heavy atom. The molecular weight excluding hydrogens is 430 g/mol. The van der Waals surface area contributed by atoms with Gasteiger partial charge < -0.3 is 19.5 Å². The third-order valence-electron chi connectivity index (χ3n) is 6.72. The molecule has 1 N–H and O–H groups in total. The minimum atomic E-state index is -0.750. The van der Waals surface area contributed by atoms with Crippen LogP contribution in [-0.2, 0) is 10.3 Å². The van der Waals surface area contributed by atoms with Gasteiger partial charge in [-0.15, -0.1) is 0 Å². The number of nitrogens with zero attached hydrogens (tertiary/aromatic N) is 1. The van der Waals surface area contributed by atoms with Crippen LogP contribution in [0.1, 0.15) is 23.1 Å². The quantitative estimate of drug-likeness (QED) is 0.587. The van der Waals surface area contributed by atoms with Crippen LogP contribution in [-0.4, -0.2) is 62.0 Å². The summed E-state index contributed by atoms with van der Waals surface area (Å²) >= 11 is 1.82. The fourth-order valence-electron chi connectivity index (χ4n) is 4.75. The first-order valence-corrected chi connectivity index (χ1v) is 13.0. The minimum Gasteiger partial charge on any atom is -0.493 e. The van der Waals surface area contributed by atoms with E-state index in [9.17, 15) is 5.11 Å². The van der Waals surface area contributed by atoms with Crippen LogP contribution in [0.25, 0.3) is 11.6 Å². The third-order valence-corrected chi connectivity index (χ3v) is 7.29. The normalized spacial score (nSPS) is 23.1. The van der Waals surface area contributed by atoms with Gasteiger partial charge in [0.15, 0.2) is 0 Å². The van der Waals surface area contributed by atoms with Crippen molar-refractivity contribution < 1.29 is 14.6 Å². The topological polar surface area (TPSA) is 41.9 Å². The maximum absolute atomic E-state index is 9.89. The van der Waals surface area contributed by atoms with Gasteiger partial charge in [0.1, 0.15) is 11.4 Å². The Morgan fingerprint density at radius 3 is 2.45 bits per heavy atom. The summed E-state index contributed by atoms with van der Waals surface area (Å²) in [7, 11) is 2.23. The van der Waals surface area contributed by atoms with Crippen LogP contribution in [0.2, 0.25) is 0 Å². The van der Waals surface area contributed by atoms with E-state index in [1.807, 2.05) is 36.0 Å². The van der Waals surface area contributed by atoms with Crippen LogP contribution < -0.4 is 4.74 Å². The zero-order chi connectivity index (χ0) is 23.3. The molecule has 2 saturated heterocycles. The number of benzene rings is 2. The van der Waals surface area contributed by atoms with E-state index in [0.29, 0.717) is 13.2 Å². The Bertz CT molecular complexity index is 950. The van der Waals surface area contributed by atoms with Crippen LogP contribution >= 0.6 is 11.8 Å². The number of thioether (sulfide) groups is 1. The van der Waals surface area contributed by atoms with E-state index < -0.39 is 5.60 Å². The molecule has 2 fully saturated rings.